The summed E-state index contributed by atoms with van der Waals surface area (Å²) in [4.78, 5) is 22.0. The molecule has 0 atom stereocenters. The predicted molar refractivity (Wildman–Crippen MR) is 142 cm³/mol. The summed E-state index contributed by atoms with van der Waals surface area (Å²) in [6, 6.07) is 15.2. The Balaban J connectivity index is 1.59. The van der Waals surface area contributed by atoms with Crippen molar-refractivity contribution in [2.45, 2.75) is 13.8 Å². The lowest BCUT2D eigenvalue weighted by atomic mass is 10.1. The Kier molecular flexibility index (Phi) is 7.59. The van der Waals surface area contributed by atoms with E-state index in [9.17, 15) is 0 Å². The highest BCUT2D eigenvalue weighted by Gasteiger charge is 2.11. The van der Waals surface area contributed by atoms with E-state index in [0.717, 1.165) is 16.8 Å². The van der Waals surface area contributed by atoms with Crippen LogP contribution in [0.1, 0.15) is 13.8 Å². The first-order chi connectivity index (χ1) is 17.5. The molecule has 2 heterocycles. The minimum Gasteiger partial charge on any atom is -0.493 e. The van der Waals surface area contributed by atoms with Gasteiger partial charge in [-0.2, -0.15) is 15.0 Å². The van der Waals surface area contributed by atoms with Gasteiger partial charge in [0.25, 0.3) is 0 Å². The maximum absolute atomic E-state index is 6.05. The van der Waals surface area contributed by atoms with E-state index in [1.54, 1.807) is 14.2 Å². The van der Waals surface area contributed by atoms with E-state index in [0.29, 0.717) is 53.8 Å². The van der Waals surface area contributed by atoms with Gasteiger partial charge in [0.1, 0.15) is 0 Å². The maximum Gasteiger partial charge on any atom is 0.233 e. The molecular weight excluding hydrogens is 458 g/mol. The molecule has 11 nitrogen and oxygen atoms in total. The highest BCUT2D eigenvalue weighted by Crippen LogP contribution is 2.33. The van der Waals surface area contributed by atoms with Crippen LogP contribution in [0.2, 0.25) is 0 Å². The number of nitrogens with two attached hydrogens (primary N) is 1. The average Bonchev–Trinajstić information content (AvgIpc) is 2.88. The van der Waals surface area contributed by atoms with Crippen LogP contribution in [0.3, 0.4) is 0 Å². The fourth-order valence-electron chi connectivity index (χ4n) is 3.52. The fourth-order valence-corrected chi connectivity index (χ4v) is 3.52. The molecule has 11 heteroatoms. The van der Waals surface area contributed by atoms with E-state index in [1.165, 1.54) is 0 Å². The van der Waals surface area contributed by atoms with Crippen molar-refractivity contribution in [1.82, 2.24) is 24.9 Å². The quantitative estimate of drug-likeness (QED) is 0.255. The monoisotopic (exact) mass is 487 g/mol. The Hall–Kier alpha value is -4.67. The van der Waals surface area contributed by atoms with Crippen molar-refractivity contribution in [3.8, 4) is 34.0 Å². The first-order valence-electron chi connectivity index (χ1n) is 11.5. The zero-order valence-electron chi connectivity index (χ0n) is 20.7. The van der Waals surface area contributed by atoms with Gasteiger partial charge < -0.3 is 31.2 Å². The van der Waals surface area contributed by atoms with Gasteiger partial charge in [0, 0.05) is 29.9 Å². The number of benzene rings is 2. The standard InChI is InChI=1S/C25H29N9O2/c1-5-27-23-32-24(28-6-2)34-25(33-23)29-17-10-7-15(8-11-17)18-14-19(31-22(26)30-18)16-9-12-20(35-3)21(13-16)36-4/h7-14H,5-6H2,1-4H3,(H2,26,30,31)(H3,27,28,29,32,33,34). The van der Waals surface area contributed by atoms with E-state index in [4.69, 9.17) is 15.2 Å². The van der Waals surface area contributed by atoms with E-state index >= 15 is 0 Å². The summed E-state index contributed by atoms with van der Waals surface area (Å²) in [5.41, 5.74) is 9.96. The Morgan fingerprint density at radius 2 is 1.22 bits per heavy atom. The molecule has 36 heavy (non-hydrogen) atoms. The van der Waals surface area contributed by atoms with Crippen molar-refractivity contribution in [3.05, 3.63) is 48.5 Å². The largest absolute Gasteiger partial charge is 0.493 e. The minimum atomic E-state index is 0.177. The Labute approximate surface area is 209 Å². The molecule has 186 valence electrons. The number of nitrogens with one attached hydrogen (secondary N) is 3. The number of hydrogen-bond donors (Lipinski definition) is 4. The molecule has 2 aromatic carbocycles. The summed E-state index contributed by atoms with van der Waals surface area (Å²) in [7, 11) is 3.19. The second-order valence-corrected chi connectivity index (χ2v) is 7.64. The van der Waals surface area contributed by atoms with E-state index in [2.05, 4.69) is 40.9 Å². The second kappa shape index (κ2) is 11.2. The van der Waals surface area contributed by atoms with Crippen LogP contribution in [-0.4, -0.2) is 52.2 Å². The van der Waals surface area contributed by atoms with Gasteiger partial charge in [-0.3, -0.25) is 0 Å². The molecule has 4 rings (SSSR count). The molecule has 0 aliphatic carbocycles. The molecular formula is C25H29N9O2. The molecule has 0 aliphatic rings. The number of nitrogen functional groups attached to an aromatic ring is 1. The number of rotatable bonds is 10. The van der Waals surface area contributed by atoms with Gasteiger partial charge in [-0.25, -0.2) is 9.97 Å². The van der Waals surface area contributed by atoms with Crippen molar-refractivity contribution >= 4 is 29.5 Å². The lowest BCUT2D eigenvalue weighted by molar-refractivity contribution is 0.355. The third kappa shape index (κ3) is 5.69. The third-order valence-electron chi connectivity index (χ3n) is 5.16. The molecule has 2 aromatic heterocycles. The smallest absolute Gasteiger partial charge is 0.233 e. The van der Waals surface area contributed by atoms with Crippen LogP contribution >= 0.6 is 0 Å². The minimum absolute atomic E-state index is 0.177. The van der Waals surface area contributed by atoms with Crippen LogP contribution in [0.4, 0.5) is 29.5 Å². The van der Waals surface area contributed by atoms with Crippen LogP contribution in [0.5, 0.6) is 11.5 Å². The average molecular weight is 488 g/mol. The van der Waals surface area contributed by atoms with Gasteiger partial charge in [-0.05, 0) is 50.2 Å². The van der Waals surface area contributed by atoms with Crippen molar-refractivity contribution in [3.63, 3.8) is 0 Å². The van der Waals surface area contributed by atoms with Gasteiger partial charge in [0.05, 0.1) is 25.6 Å². The van der Waals surface area contributed by atoms with Crippen molar-refractivity contribution < 1.29 is 9.47 Å². The molecule has 4 aromatic rings. The molecule has 0 unspecified atom stereocenters. The summed E-state index contributed by atoms with van der Waals surface area (Å²) in [6.07, 6.45) is 0. The zero-order valence-corrected chi connectivity index (χ0v) is 20.7. The topological polar surface area (TPSA) is 145 Å². The molecule has 0 saturated carbocycles. The molecule has 0 aliphatic heterocycles. The van der Waals surface area contributed by atoms with E-state index in [-0.39, 0.29) is 5.95 Å². The fraction of sp³-hybridized carbons (Fsp3) is 0.240. The molecule has 5 N–H and O–H groups in total. The molecule has 0 amide bonds. The van der Waals surface area contributed by atoms with E-state index < -0.39 is 0 Å². The molecule has 0 radical (unpaired) electrons. The number of ether oxygens (including phenoxy) is 2. The molecule has 0 saturated heterocycles. The van der Waals surface area contributed by atoms with Crippen LogP contribution in [0, 0.1) is 0 Å². The number of anilines is 5. The number of aromatic nitrogens is 5. The van der Waals surface area contributed by atoms with E-state index in [1.807, 2.05) is 62.4 Å². The lowest BCUT2D eigenvalue weighted by Gasteiger charge is -2.11. The van der Waals surface area contributed by atoms with Gasteiger partial charge >= 0.3 is 0 Å². The Bertz CT molecular complexity index is 1310. The maximum atomic E-state index is 6.05. The SMILES string of the molecule is CCNc1nc(NCC)nc(Nc2ccc(-c3cc(-c4ccc(OC)c(OC)c4)nc(N)n3)cc2)n1. The first kappa shape index (κ1) is 24.5. The van der Waals surface area contributed by atoms with Crippen LogP contribution in [-0.2, 0) is 0 Å². The zero-order chi connectivity index (χ0) is 25.5. The Morgan fingerprint density at radius 1 is 0.667 bits per heavy atom. The van der Waals surface area contributed by atoms with Crippen LogP contribution in [0.15, 0.2) is 48.5 Å². The van der Waals surface area contributed by atoms with Crippen molar-refractivity contribution in [2.24, 2.45) is 0 Å². The summed E-state index contributed by atoms with van der Waals surface area (Å²) >= 11 is 0. The molecule has 0 bridgehead atoms. The van der Waals surface area contributed by atoms with Gasteiger partial charge in [-0.1, -0.05) is 12.1 Å². The van der Waals surface area contributed by atoms with Gasteiger partial charge in [0.2, 0.25) is 23.8 Å². The number of methoxy groups -OCH3 is 2. The van der Waals surface area contributed by atoms with Crippen molar-refractivity contribution in [1.29, 1.82) is 0 Å². The van der Waals surface area contributed by atoms with Crippen LogP contribution in [0.25, 0.3) is 22.5 Å². The molecule has 0 spiro atoms. The first-order valence-corrected chi connectivity index (χ1v) is 11.5. The Morgan fingerprint density at radius 3 is 1.81 bits per heavy atom. The van der Waals surface area contributed by atoms with Gasteiger partial charge in [0.15, 0.2) is 11.5 Å². The summed E-state index contributed by atoms with van der Waals surface area (Å²) < 4.78 is 10.7. The highest BCUT2D eigenvalue weighted by atomic mass is 16.5. The lowest BCUT2D eigenvalue weighted by Crippen LogP contribution is -2.10. The second-order valence-electron chi connectivity index (χ2n) is 7.64. The predicted octanol–water partition coefficient (Wildman–Crippen LogP) is 4.20. The normalized spacial score (nSPS) is 10.6. The summed E-state index contributed by atoms with van der Waals surface area (Å²) in [5.74, 6) is 2.86. The summed E-state index contributed by atoms with van der Waals surface area (Å²) in [5, 5.41) is 9.46. The molecule has 0 fully saturated rings. The van der Waals surface area contributed by atoms with Crippen molar-refractivity contribution in [2.75, 3.05) is 49.0 Å². The van der Waals surface area contributed by atoms with Gasteiger partial charge in [-0.15, -0.1) is 0 Å². The third-order valence-corrected chi connectivity index (χ3v) is 5.16. The highest BCUT2D eigenvalue weighted by molar-refractivity contribution is 5.72. The number of hydrogen-bond acceptors (Lipinski definition) is 11. The van der Waals surface area contributed by atoms with Crippen LogP contribution < -0.4 is 31.2 Å². The number of nitrogens with zero attached hydrogens (tertiary/aromatic N) is 5. The summed E-state index contributed by atoms with van der Waals surface area (Å²) in [6.45, 7) is 5.38.